The Morgan fingerprint density at radius 3 is 2.56 bits per heavy atom. The molecule has 0 amide bonds. The maximum atomic E-state index is 8.39. The van der Waals surface area contributed by atoms with E-state index in [2.05, 4.69) is 0 Å². The van der Waals surface area contributed by atoms with Gasteiger partial charge in [-0.3, -0.25) is 0 Å². The van der Waals surface area contributed by atoms with Crippen LogP contribution in [0, 0.1) is 11.3 Å². The number of rotatable bonds is 1. The van der Waals surface area contributed by atoms with E-state index < -0.39 is 0 Å². The van der Waals surface area contributed by atoms with E-state index in [1.807, 2.05) is 6.07 Å². The van der Waals surface area contributed by atoms with Crippen molar-refractivity contribution in [1.82, 2.24) is 0 Å². The highest BCUT2D eigenvalue weighted by Crippen LogP contribution is 2.09. The van der Waals surface area contributed by atoms with E-state index in [0.29, 0.717) is 23.9 Å². The molecule has 1 atom stereocenters. The first-order chi connectivity index (χ1) is 7.77. The SMILES string of the molecule is N#Cc1ccccc1N.NCC1CCCO1. The van der Waals surface area contributed by atoms with Gasteiger partial charge in [-0.25, -0.2) is 0 Å². The predicted octanol–water partition coefficient (Wildman–Crippen LogP) is 1.26. The number of hydrogen-bond donors (Lipinski definition) is 2. The Balaban J connectivity index is 0.000000165. The normalized spacial score (nSPS) is 18.4. The van der Waals surface area contributed by atoms with Crippen molar-refractivity contribution in [3.63, 3.8) is 0 Å². The van der Waals surface area contributed by atoms with Gasteiger partial charge < -0.3 is 16.2 Å². The largest absolute Gasteiger partial charge is 0.398 e. The summed E-state index contributed by atoms with van der Waals surface area (Å²) in [7, 11) is 0. The fraction of sp³-hybridized carbons (Fsp3) is 0.417. The second-order valence-electron chi connectivity index (χ2n) is 3.57. The van der Waals surface area contributed by atoms with Gasteiger partial charge in [0.05, 0.1) is 11.7 Å². The van der Waals surface area contributed by atoms with Crippen LogP contribution in [-0.4, -0.2) is 19.3 Å². The molecule has 1 saturated heterocycles. The smallest absolute Gasteiger partial charge is 0.101 e. The van der Waals surface area contributed by atoms with Crippen molar-refractivity contribution >= 4 is 5.69 Å². The van der Waals surface area contributed by atoms with E-state index in [9.17, 15) is 0 Å². The molecule has 0 spiro atoms. The van der Waals surface area contributed by atoms with Crippen LogP contribution < -0.4 is 11.5 Å². The number of nitriles is 1. The molecule has 16 heavy (non-hydrogen) atoms. The van der Waals surface area contributed by atoms with Crippen LogP contribution in [-0.2, 0) is 4.74 Å². The second kappa shape index (κ2) is 6.83. The molecule has 0 bridgehead atoms. The maximum absolute atomic E-state index is 8.39. The molecular formula is C12H17N3O. The Morgan fingerprint density at radius 2 is 2.19 bits per heavy atom. The number of nitrogens with two attached hydrogens (primary N) is 2. The van der Waals surface area contributed by atoms with Crippen molar-refractivity contribution in [3.8, 4) is 6.07 Å². The summed E-state index contributed by atoms with van der Waals surface area (Å²) in [6.45, 7) is 1.61. The van der Waals surface area contributed by atoms with Gasteiger partial charge >= 0.3 is 0 Å². The molecule has 2 rings (SSSR count). The van der Waals surface area contributed by atoms with E-state index >= 15 is 0 Å². The lowest BCUT2D eigenvalue weighted by Gasteiger charge is -2.01. The van der Waals surface area contributed by atoms with Crippen LogP contribution in [0.25, 0.3) is 0 Å². The Bertz CT molecular complexity index is 354. The van der Waals surface area contributed by atoms with Gasteiger partial charge in [0.15, 0.2) is 0 Å². The van der Waals surface area contributed by atoms with Gasteiger partial charge in [-0.15, -0.1) is 0 Å². The van der Waals surface area contributed by atoms with Crippen molar-refractivity contribution in [2.45, 2.75) is 18.9 Å². The molecule has 4 nitrogen and oxygen atoms in total. The standard InChI is InChI=1S/C7H6N2.C5H11NO/c8-5-6-3-1-2-4-7(6)9;6-4-5-2-1-3-7-5/h1-4H,9H2;5H,1-4,6H2. The Labute approximate surface area is 95.8 Å². The van der Waals surface area contributed by atoms with Gasteiger partial charge in [0.2, 0.25) is 0 Å². The van der Waals surface area contributed by atoms with E-state index in [0.717, 1.165) is 13.0 Å². The summed E-state index contributed by atoms with van der Waals surface area (Å²) >= 11 is 0. The Hall–Kier alpha value is -1.57. The van der Waals surface area contributed by atoms with Crippen LogP contribution in [0.3, 0.4) is 0 Å². The summed E-state index contributed by atoms with van der Waals surface area (Å²) in [6.07, 6.45) is 2.73. The van der Waals surface area contributed by atoms with Crippen LogP contribution in [0.15, 0.2) is 24.3 Å². The second-order valence-corrected chi connectivity index (χ2v) is 3.57. The molecule has 0 saturated carbocycles. The number of ether oxygens (including phenoxy) is 1. The highest BCUT2D eigenvalue weighted by Gasteiger charge is 2.11. The molecule has 0 radical (unpaired) electrons. The summed E-state index contributed by atoms with van der Waals surface area (Å²) in [5.41, 5.74) is 11.8. The minimum atomic E-state index is 0.375. The fourth-order valence-corrected chi connectivity index (χ4v) is 1.43. The summed E-state index contributed by atoms with van der Waals surface area (Å²) in [4.78, 5) is 0. The molecule has 1 aliphatic rings. The average molecular weight is 219 g/mol. The Morgan fingerprint density at radius 1 is 1.44 bits per heavy atom. The molecule has 1 heterocycles. The molecule has 0 aromatic heterocycles. The highest BCUT2D eigenvalue weighted by molar-refractivity contribution is 5.53. The van der Waals surface area contributed by atoms with Crippen molar-refractivity contribution < 1.29 is 4.74 Å². The average Bonchev–Trinajstić information content (AvgIpc) is 2.83. The van der Waals surface area contributed by atoms with Gasteiger partial charge in [-0.2, -0.15) is 5.26 Å². The Kier molecular flexibility index (Phi) is 5.34. The third-order valence-electron chi connectivity index (χ3n) is 2.37. The topological polar surface area (TPSA) is 85.1 Å². The molecular weight excluding hydrogens is 202 g/mol. The number of nitrogens with zero attached hydrogens (tertiary/aromatic N) is 1. The molecule has 1 aromatic rings. The third-order valence-corrected chi connectivity index (χ3v) is 2.37. The van der Waals surface area contributed by atoms with Crippen LogP contribution >= 0.6 is 0 Å². The zero-order valence-corrected chi connectivity index (χ0v) is 9.23. The summed E-state index contributed by atoms with van der Waals surface area (Å²) in [5, 5.41) is 8.39. The predicted molar refractivity (Wildman–Crippen MR) is 63.6 cm³/mol. The summed E-state index contributed by atoms with van der Waals surface area (Å²) in [5.74, 6) is 0. The third kappa shape index (κ3) is 3.89. The molecule has 86 valence electrons. The first-order valence-electron chi connectivity index (χ1n) is 5.34. The fourth-order valence-electron chi connectivity index (χ4n) is 1.43. The quantitative estimate of drug-likeness (QED) is 0.696. The number of nitrogen functional groups attached to an aromatic ring is 1. The minimum Gasteiger partial charge on any atom is -0.398 e. The van der Waals surface area contributed by atoms with E-state index in [-0.39, 0.29) is 0 Å². The molecule has 1 fully saturated rings. The zero-order valence-electron chi connectivity index (χ0n) is 9.23. The van der Waals surface area contributed by atoms with Crippen molar-refractivity contribution in [3.05, 3.63) is 29.8 Å². The lowest BCUT2D eigenvalue weighted by Crippen LogP contribution is -2.17. The van der Waals surface area contributed by atoms with Crippen LogP contribution in [0.2, 0.25) is 0 Å². The van der Waals surface area contributed by atoms with Gasteiger partial charge in [0, 0.05) is 18.8 Å². The number of benzene rings is 1. The molecule has 1 aromatic carbocycles. The van der Waals surface area contributed by atoms with Crippen LogP contribution in [0.4, 0.5) is 5.69 Å². The van der Waals surface area contributed by atoms with Crippen molar-refractivity contribution in [2.75, 3.05) is 18.9 Å². The number of hydrogen-bond acceptors (Lipinski definition) is 4. The number of anilines is 1. The molecule has 1 unspecified atom stereocenters. The number of para-hydroxylation sites is 1. The van der Waals surface area contributed by atoms with Gasteiger partial charge in [-0.1, -0.05) is 12.1 Å². The van der Waals surface area contributed by atoms with Crippen LogP contribution in [0.5, 0.6) is 0 Å². The van der Waals surface area contributed by atoms with E-state index in [4.69, 9.17) is 21.5 Å². The lowest BCUT2D eigenvalue weighted by atomic mass is 10.2. The monoisotopic (exact) mass is 219 g/mol. The maximum Gasteiger partial charge on any atom is 0.101 e. The minimum absolute atomic E-state index is 0.375. The molecule has 0 aliphatic carbocycles. The zero-order chi connectivity index (χ0) is 11.8. The van der Waals surface area contributed by atoms with E-state index in [1.165, 1.54) is 6.42 Å². The highest BCUT2D eigenvalue weighted by atomic mass is 16.5. The van der Waals surface area contributed by atoms with Crippen molar-refractivity contribution in [2.24, 2.45) is 5.73 Å². The van der Waals surface area contributed by atoms with E-state index in [1.54, 1.807) is 24.3 Å². The molecule has 4 heteroatoms. The van der Waals surface area contributed by atoms with Gasteiger partial charge in [0.1, 0.15) is 6.07 Å². The van der Waals surface area contributed by atoms with Crippen LogP contribution in [0.1, 0.15) is 18.4 Å². The summed E-state index contributed by atoms with van der Waals surface area (Å²) in [6, 6.07) is 8.96. The van der Waals surface area contributed by atoms with Gasteiger partial charge in [0.25, 0.3) is 0 Å². The molecule has 4 N–H and O–H groups in total. The summed E-state index contributed by atoms with van der Waals surface area (Å²) < 4.78 is 5.18. The first kappa shape index (κ1) is 12.5. The lowest BCUT2D eigenvalue weighted by molar-refractivity contribution is 0.117. The van der Waals surface area contributed by atoms with Gasteiger partial charge in [-0.05, 0) is 25.0 Å². The van der Waals surface area contributed by atoms with Crippen molar-refractivity contribution in [1.29, 1.82) is 5.26 Å². The molecule has 1 aliphatic heterocycles. The first-order valence-corrected chi connectivity index (χ1v) is 5.34.